The normalized spacial score (nSPS) is 11.9. The van der Waals surface area contributed by atoms with Gasteiger partial charge in [-0.15, -0.1) is 11.6 Å². The molecule has 0 aliphatic heterocycles. The standard InChI is InChI=1S/C11H22ClNO/c1-5-11(6-2,8-12)13-10(14)7-9(3)4/h9H,5-8H2,1-4H3,(H,13,14). The number of rotatable bonds is 6. The molecule has 0 rings (SSSR count). The van der Waals surface area contributed by atoms with Gasteiger partial charge in [-0.3, -0.25) is 4.79 Å². The molecule has 0 spiro atoms. The van der Waals surface area contributed by atoms with Gasteiger partial charge in [0.15, 0.2) is 0 Å². The van der Waals surface area contributed by atoms with E-state index in [1.807, 2.05) is 13.8 Å². The Morgan fingerprint density at radius 2 is 1.86 bits per heavy atom. The van der Waals surface area contributed by atoms with Crippen LogP contribution in [0.5, 0.6) is 0 Å². The van der Waals surface area contributed by atoms with Crippen LogP contribution in [-0.2, 0) is 4.79 Å². The van der Waals surface area contributed by atoms with E-state index in [0.717, 1.165) is 12.8 Å². The zero-order valence-corrected chi connectivity index (χ0v) is 10.4. The molecule has 3 heteroatoms. The maximum atomic E-state index is 11.6. The molecule has 84 valence electrons. The zero-order chi connectivity index (χ0) is 11.2. The van der Waals surface area contributed by atoms with Gasteiger partial charge >= 0.3 is 0 Å². The Hall–Kier alpha value is -0.240. The Bertz CT molecular complexity index is 168. The van der Waals surface area contributed by atoms with Crippen LogP contribution in [0.2, 0.25) is 0 Å². The van der Waals surface area contributed by atoms with E-state index < -0.39 is 0 Å². The number of carbonyl (C=O) groups excluding carboxylic acids is 1. The van der Waals surface area contributed by atoms with Gasteiger partial charge in [0.1, 0.15) is 0 Å². The summed E-state index contributed by atoms with van der Waals surface area (Å²) < 4.78 is 0. The lowest BCUT2D eigenvalue weighted by Crippen LogP contribution is -2.49. The number of carbonyl (C=O) groups is 1. The highest BCUT2D eigenvalue weighted by atomic mass is 35.5. The second kappa shape index (κ2) is 6.28. The lowest BCUT2D eigenvalue weighted by Gasteiger charge is -2.31. The molecular weight excluding hydrogens is 198 g/mol. The first-order valence-corrected chi connectivity index (χ1v) is 5.90. The Morgan fingerprint density at radius 3 is 2.14 bits per heavy atom. The summed E-state index contributed by atoms with van der Waals surface area (Å²) in [6.45, 7) is 8.20. The quantitative estimate of drug-likeness (QED) is 0.684. The summed E-state index contributed by atoms with van der Waals surface area (Å²) in [4.78, 5) is 11.6. The van der Waals surface area contributed by atoms with Crippen LogP contribution < -0.4 is 5.32 Å². The number of nitrogens with one attached hydrogen (secondary N) is 1. The van der Waals surface area contributed by atoms with E-state index >= 15 is 0 Å². The summed E-state index contributed by atoms with van der Waals surface area (Å²) in [7, 11) is 0. The van der Waals surface area contributed by atoms with E-state index in [9.17, 15) is 4.79 Å². The predicted octanol–water partition coefficient (Wildman–Crippen LogP) is 2.95. The Balaban J connectivity index is 4.22. The van der Waals surface area contributed by atoms with Gasteiger partial charge in [-0.25, -0.2) is 0 Å². The monoisotopic (exact) mass is 219 g/mol. The Kier molecular flexibility index (Phi) is 6.17. The van der Waals surface area contributed by atoms with Crippen molar-refractivity contribution in [3.8, 4) is 0 Å². The SMILES string of the molecule is CCC(CC)(CCl)NC(=O)CC(C)C. The van der Waals surface area contributed by atoms with E-state index in [-0.39, 0.29) is 11.4 Å². The smallest absolute Gasteiger partial charge is 0.220 e. The third-order valence-corrected chi connectivity index (χ3v) is 3.12. The molecule has 0 aromatic rings. The average molecular weight is 220 g/mol. The first kappa shape index (κ1) is 13.8. The number of halogens is 1. The minimum Gasteiger partial charge on any atom is -0.349 e. The highest BCUT2D eigenvalue weighted by molar-refractivity contribution is 6.18. The summed E-state index contributed by atoms with van der Waals surface area (Å²) in [5, 5.41) is 3.04. The maximum absolute atomic E-state index is 11.6. The molecule has 1 N–H and O–H groups in total. The van der Waals surface area contributed by atoms with E-state index in [1.54, 1.807) is 0 Å². The zero-order valence-electron chi connectivity index (χ0n) is 9.69. The van der Waals surface area contributed by atoms with E-state index in [1.165, 1.54) is 0 Å². The predicted molar refractivity (Wildman–Crippen MR) is 61.6 cm³/mol. The lowest BCUT2D eigenvalue weighted by molar-refractivity contribution is -0.123. The van der Waals surface area contributed by atoms with Gasteiger partial charge in [0.2, 0.25) is 5.91 Å². The van der Waals surface area contributed by atoms with Crippen LogP contribution in [-0.4, -0.2) is 17.3 Å². The molecule has 2 nitrogen and oxygen atoms in total. The molecule has 1 amide bonds. The molecule has 0 saturated heterocycles. The van der Waals surface area contributed by atoms with Crippen molar-refractivity contribution in [1.29, 1.82) is 0 Å². The fraction of sp³-hybridized carbons (Fsp3) is 0.909. The minimum atomic E-state index is -0.201. The van der Waals surface area contributed by atoms with Crippen molar-refractivity contribution in [1.82, 2.24) is 5.32 Å². The number of hydrogen-bond donors (Lipinski definition) is 1. The Morgan fingerprint density at radius 1 is 1.36 bits per heavy atom. The van der Waals surface area contributed by atoms with Crippen LogP contribution in [0.3, 0.4) is 0 Å². The second-order valence-corrected chi connectivity index (χ2v) is 4.53. The molecule has 0 aliphatic carbocycles. The molecule has 0 atom stereocenters. The minimum absolute atomic E-state index is 0.115. The summed E-state index contributed by atoms with van der Waals surface area (Å²) in [5.41, 5.74) is -0.201. The summed E-state index contributed by atoms with van der Waals surface area (Å²) in [6.07, 6.45) is 2.35. The first-order valence-electron chi connectivity index (χ1n) is 5.36. The molecular formula is C11H22ClNO. The van der Waals surface area contributed by atoms with Crippen LogP contribution in [0.15, 0.2) is 0 Å². The van der Waals surface area contributed by atoms with Gasteiger partial charge in [-0.2, -0.15) is 0 Å². The van der Waals surface area contributed by atoms with Crippen molar-refractivity contribution in [3.05, 3.63) is 0 Å². The van der Waals surface area contributed by atoms with Crippen molar-refractivity contribution in [3.63, 3.8) is 0 Å². The molecule has 0 fully saturated rings. The molecule has 0 radical (unpaired) electrons. The highest BCUT2D eigenvalue weighted by Gasteiger charge is 2.26. The highest BCUT2D eigenvalue weighted by Crippen LogP contribution is 2.17. The Labute approximate surface area is 92.4 Å². The van der Waals surface area contributed by atoms with Crippen LogP contribution in [0.1, 0.15) is 47.0 Å². The van der Waals surface area contributed by atoms with Crippen molar-refractivity contribution in [2.75, 3.05) is 5.88 Å². The van der Waals surface area contributed by atoms with Crippen molar-refractivity contribution in [2.24, 2.45) is 5.92 Å². The van der Waals surface area contributed by atoms with Crippen LogP contribution in [0.4, 0.5) is 0 Å². The van der Waals surface area contributed by atoms with Crippen LogP contribution in [0, 0.1) is 5.92 Å². The van der Waals surface area contributed by atoms with Crippen molar-refractivity contribution >= 4 is 17.5 Å². The van der Waals surface area contributed by atoms with Gasteiger partial charge in [0, 0.05) is 12.3 Å². The summed E-state index contributed by atoms with van der Waals surface area (Å²) in [6, 6.07) is 0. The van der Waals surface area contributed by atoms with Gasteiger partial charge < -0.3 is 5.32 Å². The van der Waals surface area contributed by atoms with Gasteiger partial charge in [-0.1, -0.05) is 27.7 Å². The van der Waals surface area contributed by atoms with Gasteiger partial charge in [-0.05, 0) is 18.8 Å². The van der Waals surface area contributed by atoms with Gasteiger partial charge in [0.25, 0.3) is 0 Å². The van der Waals surface area contributed by atoms with Crippen molar-refractivity contribution < 1.29 is 4.79 Å². The fourth-order valence-electron chi connectivity index (χ4n) is 1.37. The molecule has 0 aromatic carbocycles. The van der Waals surface area contributed by atoms with E-state index in [0.29, 0.717) is 18.2 Å². The molecule has 14 heavy (non-hydrogen) atoms. The first-order chi connectivity index (χ1) is 6.49. The van der Waals surface area contributed by atoms with Crippen molar-refractivity contribution in [2.45, 2.75) is 52.5 Å². The lowest BCUT2D eigenvalue weighted by atomic mass is 9.94. The third-order valence-electron chi connectivity index (χ3n) is 2.61. The fourth-order valence-corrected chi connectivity index (χ4v) is 1.81. The second-order valence-electron chi connectivity index (χ2n) is 4.27. The average Bonchev–Trinajstić information content (AvgIpc) is 2.13. The largest absolute Gasteiger partial charge is 0.349 e. The topological polar surface area (TPSA) is 29.1 Å². The summed E-state index contributed by atoms with van der Waals surface area (Å²) in [5.74, 6) is 1.00. The number of alkyl halides is 1. The molecule has 0 aliphatic rings. The maximum Gasteiger partial charge on any atom is 0.220 e. The molecule has 0 saturated carbocycles. The van der Waals surface area contributed by atoms with Gasteiger partial charge in [0.05, 0.1) is 5.54 Å². The summed E-state index contributed by atoms with van der Waals surface area (Å²) >= 11 is 5.89. The van der Waals surface area contributed by atoms with E-state index in [2.05, 4.69) is 19.2 Å². The molecule has 0 aromatic heterocycles. The molecule has 0 bridgehead atoms. The van der Waals surface area contributed by atoms with Crippen LogP contribution >= 0.6 is 11.6 Å². The molecule has 0 unspecified atom stereocenters. The third kappa shape index (κ3) is 4.32. The van der Waals surface area contributed by atoms with Crippen LogP contribution in [0.25, 0.3) is 0 Å². The van der Waals surface area contributed by atoms with E-state index in [4.69, 9.17) is 11.6 Å². The number of hydrogen-bond acceptors (Lipinski definition) is 1. The molecule has 0 heterocycles. The number of amides is 1.